The van der Waals surface area contributed by atoms with Gasteiger partial charge < -0.3 is 15.5 Å². The second-order valence-electron chi connectivity index (χ2n) is 3.90. The van der Waals surface area contributed by atoms with Gasteiger partial charge in [-0.25, -0.2) is 0 Å². The Morgan fingerprint density at radius 3 is 2.88 bits per heavy atom. The Kier molecular flexibility index (Phi) is 3.14. The fourth-order valence-electron chi connectivity index (χ4n) is 1.56. The standard InChI is InChI=1S/C13H14N2O2/c1-9-2-3-11(12(14)6-9)13(16)15-7-10-4-5-17-8-10/h2-6,8H,7,14H2,1H3,(H,15,16). The van der Waals surface area contributed by atoms with Gasteiger partial charge in [0.2, 0.25) is 0 Å². The lowest BCUT2D eigenvalue weighted by atomic mass is 10.1. The van der Waals surface area contributed by atoms with Crippen molar-refractivity contribution in [3.05, 3.63) is 53.5 Å². The summed E-state index contributed by atoms with van der Waals surface area (Å²) in [6.45, 7) is 2.37. The molecule has 4 heteroatoms. The van der Waals surface area contributed by atoms with Crippen LogP contribution in [0.4, 0.5) is 5.69 Å². The molecule has 0 saturated carbocycles. The summed E-state index contributed by atoms with van der Waals surface area (Å²) in [5, 5.41) is 2.78. The van der Waals surface area contributed by atoms with Gasteiger partial charge in [-0.1, -0.05) is 6.07 Å². The quantitative estimate of drug-likeness (QED) is 0.793. The minimum atomic E-state index is -0.177. The third-order valence-electron chi connectivity index (χ3n) is 2.48. The van der Waals surface area contributed by atoms with Crippen molar-refractivity contribution in [1.82, 2.24) is 5.32 Å². The predicted octanol–water partition coefficient (Wildman–Crippen LogP) is 2.10. The van der Waals surface area contributed by atoms with Gasteiger partial charge in [0.1, 0.15) is 0 Å². The highest BCUT2D eigenvalue weighted by molar-refractivity contribution is 5.99. The lowest BCUT2D eigenvalue weighted by molar-refractivity contribution is 0.0952. The van der Waals surface area contributed by atoms with Crippen LogP contribution in [0.3, 0.4) is 0 Å². The highest BCUT2D eigenvalue weighted by atomic mass is 16.3. The van der Waals surface area contributed by atoms with Crippen molar-refractivity contribution in [2.45, 2.75) is 13.5 Å². The van der Waals surface area contributed by atoms with Crippen molar-refractivity contribution < 1.29 is 9.21 Å². The summed E-state index contributed by atoms with van der Waals surface area (Å²) < 4.78 is 4.92. The maximum Gasteiger partial charge on any atom is 0.253 e. The largest absolute Gasteiger partial charge is 0.472 e. The first-order chi connectivity index (χ1) is 8.16. The number of carbonyl (C=O) groups is 1. The predicted molar refractivity (Wildman–Crippen MR) is 65.5 cm³/mol. The third kappa shape index (κ3) is 2.66. The van der Waals surface area contributed by atoms with Crippen molar-refractivity contribution in [3.8, 4) is 0 Å². The summed E-state index contributed by atoms with van der Waals surface area (Å²) in [5.41, 5.74) is 8.74. The molecule has 17 heavy (non-hydrogen) atoms. The van der Waals surface area contributed by atoms with E-state index in [-0.39, 0.29) is 5.91 Å². The molecular weight excluding hydrogens is 216 g/mol. The van der Waals surface area contributed by atoms with Gasteiger partial charge in [-0.15, -0.1) is 0 Å². The fraction of sp³-hybridized carbons (Fsp3) is 0.154. The van der Waals surface area contributed by atoms with Crippen molar-refractivity contribution in [1.29, 1.82) is 0 Å². The zero-order valence-corrected chi connectivity index (χ0v) is 9.57. The zero-order valence-electron chi connectivity index (χ0n) is 9.57. The van der Waals surface area contributed by atoms with E-state index < -0.39 is 0 Å². The number of nitrogens with one attached hydrogen (secondary N) is 1. The van der Waals surface area contributed by atoms with Crippen LogP contribution in [-0.2, 0) is 6.54 Å². The number of carbonyl (C=O) groups excluding carboxylic acids is 1. The molecule has 4 nitrogen and oxygen atoms in total. The number of hydrogen-bond donors (Lipinski definition) is 2. The summed E-state index contributed by atoms with van der Waals surface area (Å²) in [6, 6.07) is 7.18. The Morgan fingerprint density at radius 2 is 2.24 bits per heavy atom. The second-order valence-corrected chi connectivity index (χ2v) is 3.90. The van der Waals surface area contributed by atoms with Crippen molar-refractivity contribution in [3.63, 3.8) is 0 Å². The van der Waals surface area contributed by atoms with E-state index in [1.807, 2.05) is 13.0 Å². The van der Waals surface area contributed by atoms with E-state index in [0.29, 0.717) is 17.8 Å². The third-order valence-corrected chi connectivity index (χ3v) is 2.48. The van der Waals surface area contributed by atoms with E-state index >= 15 is 0 Å². The van der Waals surface area contributed by atoms with E-state index in [0.717, 1.165) is 11.1 Å². The summed E-state index contributed by atoms with van der Waals surface area (Å²) in [7, 11) is 0. The van der Waals surface area contributed by atoms with E-state index in [1.54, 1.807) is 30.7 Å². The van der Waals surface area contributed by atoms with Gasteiger partial charge >= 0.3 is 0 Å². The van der Waals surface area contributed by atoms with Crippen molar-refractivity contribution in [2.24, 2.45) is 0 Å². The lowest BCUT2D eigenvalue weighted by Crippen LogP contribution is -2.23. The number of anilines is 1. The van der Waals surface area contributed by atoms with Crippen LogP contribution in [0.1, 0.15) is 21.5 Å². The van der Waals surface area contributed by atoms with Crippen LogP contribution in [0.15, 0.2) is 41.2 Å². The average Bonchev–Trinajstić information content (AvgIpc) is 2.78. The van der Waals surface area contributed by atoms with E-state index in [4.69, 9.17) is 10.2 Å². The zero-order chi connectivity index (χ0) is 12.3. The topological polar surface area (TPSA) is 68.3 Å². The molecule has 2 rings (SSSR count). The molecule has 1 heterocycles. The molecule has 2 aromatic rings. The monoisotopic (exact) mass is 230 g/mol. The second kappa shape index (κ2) is 4.74. The molecule has 88 valence electrons. The van der Waals surface area contributed by atoms with Crippen LogP contribution in [0.25, 0.3) is 0 Å². The van der Waals surface area contributed by atoms with Crippen molar-refractivity contribution >= 4 is 11.6 Å². The van der Waals surface area contributed by atoms with Gasteiger partial charge in [0.15, 0.2) is 0 Å². The van der Waals surface area contributed by atoms with Crippen LogP contribution in [0.5, 0.6) is 0 Å². The molecule has 0 bridgehead atoms. The molecule has 0 aliphatic rings. The molecular formula is C13H14N2O2. The number of nitrogens with two attached hydrogens (primary N) is 1. The summed E-state index contributed by atoms with van der Waals surface area (Å²) in [6.07, 6.45) is 3.17. The van der Waals surface area contributed by atoms with Gasteiger partial charge in [-0.2, -0.15) is 0 Å². The molecule has 0 fully saturated rings. The number of rotatable bonds is 3. The Labute approximate surface area is 99.4 Å². The molecule has 0 spiro atoms. The minimum Gasteiger partial charge on any atom is -0.472 e. The minimum absolute atomic E-state index is 0.177. The Bertz CT molecular complexity index is 518. The smallest absolute Gasteiger partial charge is 0.253 e. The molecule has 0 aliphatic carbocycles. The summed E-state index contributed by atoms with van der Waals surface area (Å²) in [5.74, 6) is -0.177. The van der Waals surface area contributed by atoms with E-state index in [9.17, 15) is 4.79 Å². The molecule has 0 radical (unpaired) electrons. The Balaban J connectivity index is 2.04. The normalized spacial score (nSPS) is 10.2. The molecule has 3 N–H and O–H groups in total. The SMILES string of the molecule is Cc1ccc(C(=O)NCc2ccoc2)c(N)c1. The van der Waals surface area contributed by atoms with Crippen LogP contribution in [0.2, 0.25) is 0 Å². The van der Waals surface area contributed by atoms with Crippen LogP contribution < -0.4 is 11.1 Å². The van der Waals surface area contributed by atoms with Crippen molar-refractivity contribution in [2.75, 3.05) is 5.73 Å². The molecule has 1 aromatic carbocycles. The lowest BCUT2D eigenvalue weighted by Gasteiger charge is -2.07. The first-order valence-electron chi connectivity index (χ1n) is 5.32. The number of amides is 1. The molecule has 1 amide bonds. The highest BCUT2D eigenvalue weighted by Crippen LogP contribution is 2.13. The Morgan fingerprint density at radius 1 is 1.41 bits per heavy atom. The van der Waals surface area contributed by atoms with E-state index in [1.165, 1.54) is 0 Å². The maximum absolute atomic E-state index is 11.9. The summed E-state index contributed by atoms with van der Waals surface area (Å²) in [4.78, 5) is 11.9. The van der Waals surface area contributed by atoms with Crippen LogP contribution in [0, 0.1) is 6.92 Å². The summed E-state index contributed by atoms with van der Waals surface area (Å²) >= 11 is 0. The van der Waals surface area contributed by atoms with E-state index in [2.05, 4.69) is 5.32 Å². The van der Waals surface area contributed by atoms with Crippen LogP contribution >= 0.6 is 0 Å². The fourth-order valence-corrected chi connectivity index (χ4v) is 1.56. The van der Waals surface area contributed by atoms with Crippen LogP contribution in [-0.4, -0.2) is 5.91 Å². The molecule has 0 atom stereocenters. The Hall–Kier alpha value is -2.23. The number of benzene rings is 1. The van der Waals surface area contributed by atoms with Gasteiger partial charge in [0.05, 0.1) is 18.1 Å². The number of furan rings is 1. The molecule has 0 aliphatic heterocycles. The number of hydrogen-bond acceptors (Lipinski definition) is 3. The molecule has 0 saturated heterocycles. The highest BCUT2D eigenvalue weighted by Gasteiger charge is 2.09. The first-order valence-corrected chi connectivity index (χ1v) is 5.32. The van der Waals surface area contributed by atoms with Gasteiger partial charge in [0.25, 0.3) is 5.91 Å². The number of nitrogen functional groups attached to an aromatic ring is 1. The molecule has 1 aromatic heterocycles. The molecule has 0 unspecified atom stereocenters. The number of aryl methyl sites for hydroxylation is 1. The maximum atomic E-state index is 11.9. The van der Waals surface area contributed by atoms with Gasteiger partial charge in [-0.05, 0) is 30.7 Å². The van der Waals surface area contributed by atoms with Gasteiger partial charge in [0, 0.05) is 17.8 Å². The first kappa shape index (κ1) is 11.3. The van der Waals surface area contributed by atoms with Gasteiger partial charge in [-0.3, -0.25) is 4.79 Å². The average molecular weight is 230 g/mol.